The minimum atomic E-state index is -1.09. The number of hydrogen-bond acceptors (Lipinski definition) is 4. The van der Waals surface area contributed by atoms with Crippen LogP contribution in [-0.4, -0.2) is 41.8 Å². The van der Waals surface area contributed by atoms with E-state index in [0.717, 1.165) is 22.3 Å². The predicted octanol–water partition coefficient (Wildman–Crippen LogP) is 3.92. The largest absolute Gasteiger partial charge is 0.480 e. The number of carboxylic acids is 1. The van der Waals surface area contributed by atoms with Gasteiger partial charge in [-0.25, -0.2) is 9.59 Å². The van der Waals surface area contributed by atoms with E-state index < -0.39 is 30.1 Å². The van der Waals surface area contributed by atoms with Crippen LogP contribution in [0.2, 0.25) is 0 Å². The number of hydrogen-bond donors (Lipinski definition) is 3. The summed E-state index contributed by atoms with van der Waals surface area (Å²) in [5.74, 6) is -1.60. The first-order chi connectivity index (χ1) is 15.3. The summed E-state index contributed by atoms with van der Waals surface area (Å²) in [4.78, 5) is 36.4. The number of carboxylic acid groups (broad SMARTS) is 1. The molecule has 0 radical (unpaired) electrons. The Labute approximate surface area is 188 Å². The summed E-state index contributed by atoms with van der Waals surface area (Å²) in [6.07, 6.45) is -0.0865. The van der Waals surface area contributed by atoms with Crippen molar-refractivity contribution in [3.8, 4) is 11.1 Å². The average Bonchev–Trinajstić information content (AvgIpc) is 3.09. The maximum absolute atomic E-state index is 12.5. The Balaban J connectivity index is 1.61. The molecular weight excluding hydrogens is 408 g/mol. The summed E-state index contributed by atoms with van der Waals surface area (Å²) < 4.78 is 5.49. The average molecular weight is 439 g/mol. The molecule has 1 aliphatic rings. The van der Waals surface area contributed by atoms with E-state index >= 15 is 0 Å². The molecular formula is C25H30N2O5. The number of fused-ring (bicyclic) bond motifs is 3. The topological polar surface area (TPSA) is 105 Å². The van der Waals surface area contributed by atoms with Crippen molar-refractivity contribution in [3.05, 3.63) is 59.7 Å². The Morgan fingerprint density at radius 2 is 1.50 bits per heavy atom. The van der Waals surface area contributed by atoms with Crippen molar-refractivity contribution in [1.82, 2.24) is 10.6 Å². The molecule has 0 aliphatic heterocycles. The Hall–Kier alpha value is -3.35. The Kier molecular flexibility index (Phi) is 7.51. The van der Waals surface area contributed by atoms with Crippen LogP contribution in [0, 0.1) is 5.92 Å². The molecule has 7 nitrogen and oxygen atoms in total. The molecule has 0 heterocycles. The number of alkyl carbamates (subject to hydrolysis) is 1. The van der Waals surface area contributed by atoms with Crippen molar-refractivity contribution >= 4 is 18.0 Å². The first-order valence-electron chi connectivity index (χ1n) is 11.0. The molecule has 32 heavy (non-hydrogen) atoms. The third-order valence-electron chi connectivity index (χ3n) is 5.68. The number of carbonyl (C=O) groups excluding carboxylic acids is 2. The van der Waals surface area contributed by atoms with Crippen molar-refractivity contribution < 1.29 is 24.2 Å². The maximum Gasteiger partial charge on any atom is 0.407 e. The SMILES string of the molecule is CC[C@H](NC(=O)OCC1c2ccccc2-c2ccccc21)C(=O)N[C@H](CC(C)C)C(=O)O. The number of carbonyl (C=O) groups is 3. The van der Waals surface area contributed by atoms with Crippen LogP contribution in [0.3, 0.4) is 0 Å². The van der Waals surface area contributed by atoms with Gasteiger partial charge in [-0.05, 0) is 41.0 Å². The molecule has 0 saturated carbocycles. The van der Waals surface area contributed by atoms with E-state index in [1.165, 1.54) is 0 Å². The zero-order valence-corrected chi connectivity index (χ0v) is 18.6. The molecule has 2 amide bonds. The lowest BCUT2D eigenvalue weighted by atomic mass is 9.98. The number of benzene rings is 2. The third kappa shape index (κ3) is 5.28. The highest BCUT2D eigenvalue weighted by atomic mass is 16.5. The van der Waals surface area contributed by atoms with Gasteiger partial charge >= 0.3 is 12.1 Å². The molecule has 0 spiro atoms. The van der Waals surface area contributed by atoms with Crippen molar-refractivity contribution in [1.29, 1.82) is 0 Å². The van der Waals surface area contributed by atoms with Crippen LogP contribution in [0.5, 0.6) is 0 Å². The second-order valence-electron chi connectivity index (χ2n) is 8.46. The highest BCUT2D eigenvalue weighted by Gasteiger charge is 2.30. The van der Waals surface area contributed by atoms with Gasteiger partial charge in [0.15, 0.2) is 0 Å². The van der Waals surface area contributed by atoms with Gasteiger partial charge in [-0.2, -0.15) is 0 Å². The summed E-state index contributed by atoms with van der Waals surface area (Å²) in [5.41, 5.74) is 4.47. The first kappa shape index (κ1) is 23.3. The number of rotatable bonds is 9. The van der Waals surface area contributed by atoms with Crippen LogP contribution in [0.4, 0.5) is 4.79 Å². The van der Waals surface area contributed by atoms with E-state index in [4.69, 9.17) is 4.74 Å². The number of amides is 2. The second kappa shape index (κ2) is 10.3. The van der Waals surface area contributed by atoms with Crippen molar-refractivity contribution in [2.75, 3.05) is 6.61 Å². The van der Waals surface area contributed by atoms with E-state index in [0.29, 0.717) is 12.8 Å². The van der Waals surface area contributed by atoms with Crippen LogP contribution in [-0.2, 0) is 14.3 Å². The molecule has 2 atom stereocenters. The van der Waals surface area contributed by atoms with E-state index in [1.54, 1.807) is 6.92 Å². The zero-order valence-electron chi connectivity index (χ0n) is 18.6. The molecule has 0 unspecified atom stereocenters. The molecule has 2 aromatic rings. The van der Waals surface area contributed by atoms with Gasteiger partial charge in [-0.1, -0.05) is 69.3 Å². The molecule has 0 aromatic heterocycles. The highest BCUT2D eigenvalue weighted by molar-refractivity contribution is 5.89. The van der Waals surface area contributed by atoms with Gasteiger partial charge < -0.3 is 20.5 Å². The smallest absolute Gasteiger partial charge is 0.407 e. The van der Waals surface area contributed by atoms with Crippen LogP contribution in [0.25, 0.3) is 11.1 Å². The van der Waals surface area contributed by atoms with E-state index in [-0.39, 0.29) is 18.4 Å². The minimum Gasteiger partial charge on any atom is -0.480 e. The first-order valence-corrected chi connectivity index (χ1v) is 11.0. The van der Waals surface area contributed by atoms with Crippen molar-refractivity contribution in [2.45, 2.75) is 51.6 Å². The fourth-order valence-corrected chi connectivity index (χ4v) is 4.10. The standard InChI is InChI=1S/C25H30N2O5/c1-4-21(23(28)26-22(24(29)30)13-15(2)3)27-25(31)32-14-20-18-11-7-5-9-16(18)17-10-6-8-12-19(17)20/h5-12,15,20-22H,4,13-14H2,1-3H3,(H,26,28)(H,27,31)(H,29,30)/t21-,22+/m0/s1. The molecule has 7 heteroatoms. The predicted molar refractivity (Wildman–Crippen MR) is 121 cm³/mol. The summed E-state index contributed by atoms with van der Waals surface area (Å²) in [5, 5.41) is 14.4. The fraction of sp³-hybridized carbons (Fsp3) is 0.400. The molecule has 0 fully saturated rings. The number of aliphatic carboxylic acids is 1. The van der Waals surface area contributed by atoms with Crippen molar-refractivity contribution in [3.63, 3.8) is 0 Å². The molecule has 0 saturated heterocycles. The lowest BCUT2D eigenvalue weighted by molar-refractivity contribution is -0.142. The monoisotopic (exact) mass is 438 g/mol. The van der Waals surface area contributed by atoms with E-state index in [9.17, 15) is 19.5 Å². The second-order valence-corrected chi connectivity index (χ2v) is 8.46. The minimum absolute atomic E-state index is 0.0792. The highest BCUT2D eigenvalue weighted by Crippen LogP contribution is 2.44. The van der Waals surface area contributed by atoms with Gasteiger partial charge in [0, 0.05) is 5.92 Å². The van der Waals surface area contributed by atoms with E-state index in [2.05, 4.69) is 22.8 Å². The number of ether oxygens (including phenoxy) is 1. The molecule has 170 valence electrons. The molecule has 2 aromatic carbocycles. The van der Waals surface area contributed by atoms with Gasteiger partial charge in [0.1, 0.15) is 18.7 Å². The Bertz CT molecular complexity index is 942. The van der Waals surface area contributed by atoms with Gasteiger partial charge in [0.25, 0.3) is 0 Å². The summed E-state index contributed by atoms with van der Waals surface area (Å²) in [6, 6.07) is 14.2. The third-order valence-corrected chi connectivity index (χ3v) is 5.68. The maximum atomic E-state index is 12.5. The van der Waals surface area contributed by atoms with Crippen molar-refractivity contribution in [2.24, 2.45) is 5.92 Å². The normalized spacial score (nSPS) is 14.2. The van der Waals surface area contributed by atoms with Gasteiger partial charge in [0.05, 0.1) is 0 Å². The van der Waals surface area contributed by atoms with Crippen LogP contribution in [0.15, 0.2) is 48.5 Å². The Morgan fingerprint density at radius 1 is 0.938 bits per heavy atom. The van der Waals surface area contributed by atoms with Gasteiger partial charge in [0.2, 0.25) is 5.91 Å². The van der Waals surface area contributed by atoms with Crippen LogP contribution >= 0.6 is 0 Å². The molecule has 0 bridgehead atoms. The lowest BCUT2D eigenvalue weighted by Crippen LogP contribution is -2.51. The summed E-state index contributed by atoms with van der Waals surface area (Å²) in [7, 11) is 0. The summed E-state index contributed by atoms with van der Waals surface area (Å²) >= 11 is 0. The lowest BCUT2D eigenvalue weighted by Gasteiger charge is -2.22. The molecule has 1 aliphatic carbocycles. The van der Waals surface area contributed by atoms with Crippen LogP contribution in [0.1, 0.15) is 50.7 Å². The summed E-state index contributed by atoms with van der Waals surface area (Å²) in [6.45, 7) is 5.65. The fourth-order valence-electron chi connectivity index (χ4n) is 4.10. The quantitative estimate of drug-likeness (QED) is 0.550. The van der Waals surface area contributed by atoms with Gasteiger partial charge in [-0.3, -0.25) is 4.79 Å². The van der Waals surface area contributed by atoms with Gasteiger partial charge in [-0.15, -0.1) is 0 Å². The molecule has 3 rings (SSSR count). The Morgan fingerprint density at radius 3 is 2.00 bits per heavy atom. The van der Waals surface area contributed by atoms with E-state index in [1.807, 2.05) is 50.2 Å². The van der Waals surface area contributed by atoms with Crippen LogP contribution < -0.4 is 10.6 Å². The molecule has 3 N–H and O–H groups in total. The number of nitrogens with one attached hydrogen (secondary N) is 2. The zero-order chi connectivity index (χ0) is 23.3.